The van der Waals surface area contributed by atoms with Gasteiger partial charge in [-0.05, 0) is 25.3 Å². The maximum absolute atomic E-state index is 9.90. The Hall–Kier alpha value is -1.70. The van der Waals surface area contributed by atoms with Crippen LogP contribution in [0.2, 0.25) is 0 Å². The molecular weight excluding hydrogens is 284 g/mol. The third-order valence-electron chi connectivity index (χ3n) is 4.63. The molecule has 1 saturated carbocycles. The van der Waals surface area contributed by atoms with Gasteiger partial charge in [-0.25, -0.2) is 9.97 Å². The number of anilines is 1. The summed E-state index contributed by atoms with van der Waals surface area (Å²) in [6.45, 7) is -0.180. The van der Waals surface area contributed by atoms with E-state index in [1.165, 1.54) is 19.3 Å². The number of hydrogen-bond donors (Lipinski definition) is 3. The van der Waals surface area contributed by atoms with Crippen molar-refractivity contribution in [2.45, 2.75) is 50.2 Å². The number of aliphatic hydroxyl groups excluding tert-OH is 2. The summed E-state index contributed by atoms with van der Waals surface area (Å²) in [5.74, 6) is 0.804. The van der Waals surface area contributed by atoms with Crippen LogP contribution in [-0.4, -0.2) is 49.6 Å². The molecule has 22 heavy (non-hydrogen) atoms. The molecule has 1 saturated heterocycles. The Kier molecular flexibility index (Phi) is 3.48. The second-order valence-corrected chi connectivity index (χ2v) is 6.07. The summed E-state index contributed by atoms with van der Waals surface area (Å²) in [5, 5.41) is 22.5. The molecule has 2 aliphatic rings. The molecule has 1 unspecified atom stereocenters. The monoisotopic (exact) mass is 304 g/mol. The van der Waals surface area contributed by atoms with E-state index in [0.29, 0.717) is 12.5 Å². The Morgan fingerprint density at radius 2 is 2.23 bits per heavy atom. The lowest BCUT2D eigenvalue weighted by atomic mass is 9.93. The molecular formula is C15H20N4O3. The van der Waals surface area contributed by atoms with Crippen LogP contribution in [0, 0.1) is 0 Å². The van der Waals surface area contributed by atoms with Crippen LogP contribution in [-0.2, 0) is 4.74 Å². The van der Waals surface area contributed by atoms with Gasteiger partial charge in [0.2, 0.25) is 0 Å². The van der Waals surface area contributed by atoms with Gasteiger partial charge in [0.25, 0.3) is 0 Å². The van der Waals surface area contributed by atoms with Crippen LogP contribution in [0.15, 0.2) is 18.6 Å². The van der Waals surface area contributed by atoms with Gasteiger partial charge in [0.05, 0.1) is 24.6 Å². The second-order valence-electron chi connectivity index (χ2n) is 6.07. The third kappa shape index (κ3) is 2.25. The molecule has 0 spiro atoms. The number of ether oxygens (including phenoxy) is 1. The van der Waals surface area contributed by atoms with Crippen molar-refractivity contribution in [2.24, 2.45) is 0 Å². The van der Waals surface area contributed by atoms with E-state index in [2.05, 4.69) is 15.3 Å². The highest BCUT2D eigenvalue weighted by atomic mass is 16.5. The Labute approximate surface area is 127 Å². The van der Waals surface area contributed by atoms with Gasteiger partial charge in [-0.2, -0.15) is 0 Å². The van der Waals surface area contributed by atoms with Gasteiger partial charge < -0.3 is 24.8 Å². The minimum absolute atomic E-state index is 0.180. The summed E-state index contributed by atoms with van der Waals surface area (Å²) in [7, 11) is 0. The number of aromatic nitrogens is 3. The van der Waals surface area contributed by atoms with Crippen molar-refractivity contribution in [1.29, 1.82) is 0 Å². The van der Waals surface area contributed by atoms with Crippen LogP contribution in [0.3, 0.4) is 0 Å². The van der Waals surface area contributed by atoms with E-state index in [1.807, 2.05) is 10.6 Å². The van der Waals surface area contributed by atoms with Gasteiger partial charge in [0.15, 0.2) is 5.82 Å². The first kappa shape index (κ1) is 13.9. The smallest absolute Gasteiger partial charge is 0.154 e. The van der Waals surface area contributed by atoms with Crippen molar-refractivity contribution >= 4 is 16.9 Å². The van der Waals surface area contributed by atoms with Crippen molar-refractivity contribution < 1.29 is 14.9 Å². The number of nitrogens with one attached hydrogen (secondary N) is 1. The van der Waals surface area contributed by atoms with E-state index >= 15 is 0 Å². The number of aliphatic hydroxyl groups is 2. The first-order valence-electron chi connectivity index (χ1n) is 7.78. The zero-order valence-electron chi connectivity index (χ0n) is 12.2. The molecule has 0 amide bonds. The summed E-state index contributed by atoms with van der Waals surface area (Å²) < 4.78 is 7.62. The van der Waals surface area contributed by atoms with Gasteiger partial charge in [0, 0.05) is 18.7 Å². The number of rotatable bonds is 4. The number of imidazole rings is 1. The Morgan fingerprint density at radius 1 is 1.36 bits per heavy atom. The lowest BCUT2D eigenvalue weighted by Gasteiger charge is -2.26. The number of hydrogen-bond acceptors (Lipinski definition) is 6. The van der Waals surface area contributed by atoms with Crippen LogP contribution in [0.25, 0.3) is 11.0 Å². The van der Waals surface area contributed by atoms with Crippen molar-refractivity contribution in [3.8, 4) is 0 Å². The topological polar surface area (TPSA) is 92.4 Å². The van der Waals surface area contributed by atoms with Crippen molar-refractivity contribution in [3.63, 3.8) is 0 Å². The van der Waals surface area contributed by atoms with Crippen molar-refractivity contribution in [1.82, 2.24) is 14.5 Å². The number of fused-ring (bicyclic) bond motifs is 1. The summed E-state index contributed by atoms with van der Waals surface area (Å²) in [5.41, 5.74) is 1.74. The Morgan fingerprint density at radius 3 is 2.91 bits per heavy atom. The van der Waals surface area contributed by atoms with E-state index in [4.69, 9.17) is 4.74 Å². The van der Waals surface area contributed by atoms with E-state index in [9.17, 15) is 10.2 Å². The van der Waals surface area contributed by atoms with Crippen molar-refractivity contribution in [2.75, 3.05) is 11.9 Å². The molecule has 3 atom stereocenters. The average molecular weight is 304 g/mol. The fourth-order valence-electron chi connectivity index (χ4n) is 3.09. The molecule has 1 aliphatic carbocycles. The molecule has 1 aliphatic heterocycles. The standard InChI is InChI=1S/C15H20N4O3/c20-7-12-11(21)6-13(22-12)19-8-17-14-10(19)4-5-16-15(14)18-9-2-1-3-9/h4-5,8-9,11-13,20-21H,1-3,6-7H2,(H,16,18)/t11-,12?,13+/m0/s1. The summed E-state index contributed by atoms with van der Waals surface area (Å²) in [6.07, 6.45) is 6.05. The van der Waals surface area contributed by atoms with E-state index in [0.717, 1.165) is 16.9 Å². The highest BCUT2D eigenvalue weighted by Crippen LogP contribution is 2.33. The SMILES string of the molecule is OCC1O[C@@H](n2cnc3c(NC4CCC4)nccc32)C[C@@H]1O. The predicted octanol–water partition coefficient (Wildman–Crippen LogP) is 1.04. The van der Waals surface area contributed by atoms with Crippen LogP contribution in [0.1, 0.15) is 31.9 Å². The third-order valence-corrected chi connectivity index (χ3v) is 4.63. The molecule has 0 radical (unpaired) electrons. The first-order chi connectivity index (χ1) is 10.8. The van der Waals surface area contributed by atoms with Gasteiger partial charge in [-0.3, -0.25) is 0 Å². The fraction of sp³-hybridized carbons (Fsp3) is 0.600. The minimum Gasteiger partial charge on any atom is -0.394 e. The molecule has 0 bridgehead atoms. The lowest BCUT2D eigenvalue weighted by molar-refractivity contribution is -0.0430. The molecule has 118 valence electrons. The zero-order valence-corrected chi connectivity index (χ0v) is 12.2. The summed E-state index contributed by atoms with van der Waals surface area (Å²) in [6, 6.07) is 2.39. The first-order valence-corrected chi connectivity index (χ1v) is 7.78. The van der Waals surface area contributed by atoms with Crippen LogP contribution in [0.4, 0.5) is 5.82 Å². The molecule has 3 N–H and O–H groups in total. The summed E-state index contributed by atoms with van der Waals surface area (Å²) in [4.78, 5) is 8.86. The summed E-state index contributed by atoms with van der Waals surface area (Å²) >= 11 is 0. The van der Waals surface area contributed by atoms with Crippen LogP contribution in [0.5, 0.6) is 0 Å². The predicted molar refractivity (Wildman–Crippen MR) is 80.4 cm³/mol. The second kappa shape index (κ2) is 5.49. The van der Waals surface area contributed by atoms with E-state index in [1.54, 1.807) is 12.5 Å². The average Bonchev–Trinajstić information content (AvgIpc) is 3.06. The Balaban J connectivity index is 1.64. The van der Waals surface area contributed by atoms with Crippen LogP contribution < -0.4 is 5.32 Å². The van der Waals surface area contributed by atoms with E-state index in [-0.39, 0.29) is 12.8 Å². The number of nitrogens with zero attached hydrogens (tertiary/aromatic N) is 3. The maximum Gasteiger partial charge on any atom is 0.154 e. The molecule has 3 heterocycles. The largest absolute Gasteiger partial charge is 0.394 e. The highest BCUT2D eigenvalue weighted by molar-refractivity contribution is 5.86. The zero-order chi connectivity index (χ0) is 15.1. The molecule has 7 nitrogen and oxygen atoms in total. The minimum atomic E-state index is -0.651. The molecule has 2 aromatic heterocycles. The van der Waals surface area contributed by atoms with E-state index < -0.39 is 12.2 Å². The maximum atomic E-state index is 9.90. The van der Waals surface area contributed by atoms with Gasteiger partial charge in [0.1, 0.15) is 17.8 Å². The lowest BCUT2D eigenvalue weighted by Crippen LogP contribution is -2.27. The molecule has 0 aromatic carbocycles. The quantitative estimate of drug-likeness (QED) is 0.781. The van der Waals surface area contributed by atoms with Gasteiger partial charge in [-0.1, -0.05) is 0 Å². The molecule has 4 rings (SSSR count). The van der Waals surface area contributed by atoms with Gasteiger partial charge in [-0.15, -0.1) is 0 Å². The highest BCUT2D eigenvalue weighted by Gasteiger charge is 2.35. The fourth-order valence-corrected chi connectivity index (χ4v) is 3.09. The van der Waals surface area contributed by atoms with Crippen LogP contribution >= 0.6 is 0 Å². The normalized spacial score (nSPS) is 28.9. The molecule has 2 fully saturated rings. The Bertz CT molecular complexity index is 670. The molecule has 7 heteroatoms. The number of pyridine rings is 1. The molecule has 2 aromatic rings. The van der Waals surface area contributed by atoms with Crippen molar-refractivity contribution in [3.05, 3.63) is 18.6 Å². The van der Waals surface area contributed by atoms with Gasteiger partial charge >= 0.3 is 0 Å².